The van der Waals surface area contributed by atoms with Gasteiger partial charge in [-0.05, 0) is 41.5 Å². The van der Waals surface area contributed by atoms with Crippen LogP contribution in [-0.4, -0.2) is 22.3 Å². The van der Waals surface area contributed by atoms with Crippen LogP contribution >= 0.6 is 0 Å². The summed E-state index contributed by atoms with van der Waals surface area (Å²) < 4.78 is 0. The van der Waals surface area contributed by atoms with Crippen LogP contribution in [0.4, 0.5) is 0 Å². The number of benzene rings is 1. The van der Waals surface area contributed by atoms with Crippen molar-refractivity contribution in [2.24, 2.45) is 0 Å². The third-order valence-corrected chi connectivity index (χ3v) is 5.00. The van der Waals surface area contributed by atoms with E-state index in [1.807, 2.05) is 17.2 Å². The highest BCUT2D eigenvalue weighted by molar-refractivity contribution is 5.77. The summed E-state index contributed by atoms with van der Waals surface area (Å²) in [7, 11) is 0. The molecule has 0 saturated carbocycles. The van der Waals surface area contributed by atoms with Gasteiger partial charge >= 0.3 is 0 Å². The summed E-state index contributed by atoms with van der Waals surface area (Å²) >= 11 is 0. The van der Waals surface area contributed by atoms with Gasteiger partial charge in [-0.1, -0.05) is 30.3 Å². The minimum Gasteiger partial charge on any atom is -0.338 e. The molecule has 3 nitrogen and oxygen atoms in total. The predicted octanol–water partition coefficient (Wildman–Crippen LogP) is 3.09. The number of carbonyl (C=O) groups is 1. The van der Waals surface area contributed by atoms with E-state index < -0.39 is 0 Å². The SMILES string of the molecule is O=C(C[C@@H]1CCc2ccccc21)N1CCc2ncccc2C1. The van der Waals surface area contributed by atoms with E-state index in [1.54, 1.807) is 0 Å². The Morgan fingerprint density at radius 1 is 1.14 bits per heavy atom. The normalized spacial score (nSPS) is 19.6. The molecule has 0 unspecified atom stereocenters. The first-order chi connectivity index (χ1) is 10.8. The molecule has 0 fully saturated rings. The maximum atomic E-state index is 12.7. The van der Waals surface area contributed by atoms with Crippen molar-refractivity contribution in [3.63, 3.8) is 0 Å². The van der Waals surface area contributed by atoms with Gasteiger partial charge in [-0.2, -0.15) is 0 Å². The summed E-state index contributed by atoms with van der Waals surface area (Å²) in [6, 6.07) is 12.6. The van der Waals surface area contributed by atoms with Crippen molar-refractivity contribution in [1.82, 2.24) is 9.88 Å². The van der Waals surface area contributed by atoms with Crippen LogP contribution in [0.2, 0.25) is 0 Å². The van der Waals surface area contributed by atoms with E-state index in [-0.39, 0.29) is 5.91 Å². The van der Waals surface area contributed by atoms with Crippen molar-refractivity contribution in [1.29, 1.82) is 0 Å². The average molecular weight is 292 g/mol. The van der Waals surface area contributed by atoms with E-state index in [0.717, 1.165) is 38.0 Å². The summed E-state index contributed by atoms with van der Waals surface area (Å²) in [5, 5.41) is 0. The molecule has 1 amide bonds. The largest absolute Gasteiger partial charge is 0.338 e. The first-order valence-electron chi connectivity index (χ1n) is 8.09. The fourth-order valence-corrected chi connectivity index (χ4v) is 3.78. The first kappa shape index (κ1) is 13.5. The molecule has 0 spiro atoms. The number of nitrogens with zero attached hydrogens (tertiary/aromatic N) is 2. The Bertz CT molecular complexity index is 710. The standard InChI is InChI=1S/C19H20N2O/c22-19(12-15-8-7-14-4-1-2-6-17(14)15)21-11-9-18-16(13-21)5-3-10-20-18/h1-6,10,15H,7-9,11-13H2/t15-/m0/s1. The van der Waals surface area contributed by atoms with E-state index in [2.05, 4.69) is 35.3 Å². The number of hydrogen-bond donors (Lipinski definition) is 0. The number of aromatic nitrogens is 1. The van der Waals surface area contributed by atoms with Gasteiger partial charge in [0.15, 0.2) is 0 Å². The Labute approximate surface area is 131 Å². The summed E-state index contributed by atoms with van der Waals surface area (Å²) in [6.07, 6.45) is 5.58. The molecule has 0 radical (unpaired) electrons. The van der Waals surface area contributed by atoms with Crippen LogP contribution in [0.3, 0.4) is 0 Å². The second kappa shape index (κ2) is 5.56. The lowest BCUT2D eigenvalue weighted by molar-refractivity contribution is -0.132. The van der Waals surface area contributed by atoms with Crippen LogP contribution in [-0.2, 0) is 24.2 Å². The first-order valence-corrected chi connectivity index (χ1v) is 8.09. The molecule has 112 valence electrons. The Morgan fingerprint density at radius 3 is 2.95 bits per heavy atom. The van der Waals surface area contributed by atoms with Gasteiger partial charge in [0, 0.05) is 37.8 Å². The van der Waals surface area contributed by atoms with Crippen LogP contribution in [0, 0.1) is 0 Å². The zero-order valence-corrected chi connectivity index (χ0v) is 12.7. The molecular formula is C19H20N2O. The maximum absolute atomic E-state index is 12.7. The molecule has 2 aromatic rings. The van der Waals surface area contributed by atoms with Crippen LogP contribution in [0.15, 0.2) is 42.6 Å². The molecule has 2 heterocycles. The molecule has 0 N–H and O–H groups in total. The van der Waals surface area contributed by atoms with Gasteiger partial charge < -0.3 is 4.90 Å². The van der Waals surface area contributed by atoms with Crippen molar-refractivity contribution in [3.8, 4) is 0 Å². The number of pyridine rings is 1. The highest BCUT2D eigenvalue weighted by Crippen LogP contribution is 2.35. The second-order valence-electron chi connectivity index (χ2n) is 6.31. The van der Waals surface area contributed by atoms with Crippen molar-refractivity contribution in [2.75, 3.05) is 6.54 Å². The van der Waals surface area contributed by atoms with Crippen LogP contribution in [0.25, 0.3) is 0 Å². The molecule has 2 aliphatic rings. The summed E-state index contributed by atoms with van der Waals surface area (Å²) in [6.45, 7) is 1.52. The monoisotopic (exact) mass is 292 g/mol. The van der Waals surface area contributed by atoms with E-state index in [0.29, 0.717) is 12.3 Å². The molecular weight excluding hydrogens is 272 g/mol. The Hall–Kier alpha value is -2.16. The third kappa shape index (κ3) is 2.41. The third-order valence-electron chi connectivity index (χ3n) is 5.00. The number of rotatable bonds is 2. The molecule has 0 bridgehead atoms. The number of carbonyl (C=O) groups excluding carboxylic acids is 1. The molecule has 1 aromatic heterocycles. The van der Waals surface area contributed by atoms with Gasteiger partial charge in [0.25, 0.3) is 0 Å². The molecule has 1 aliphatic heterocycles. The minimum atomic E-state index is 0.288. The number of hydrogen-bond acceptors (Lipinski definition) is 2. The highest BCUT2D eigenvalue weighted by Gasteiger charge is 2.28. The molecule has 1 aromatic carbocycles. The number of aryl methyl sites for hydroxylation is 1. The lowest BCUT2D eigenvalue weighted by Gasteiger charge is -2.29. The van der Waals surface area contributed by atoms with Crippen molar-refractivity contribution >= 4 is 5.91 Å². The topological polar surface area (TPSA) is 33.2 Å². The van der Waals surface area contributed by atoms with Crippen LogP contribution < -0.4 is 0 Å². The van der Waals surface area contributed by atoms with Crippen LogP contribution in [0.1, 0.15) is 41.1 Å². The average Bonchev–Trinajstić information content (AvgIpc) is 2.97. The Balaban J connectivity index is 1.46. The van der Waals surface area contributed by atoms with Gasteiger partial charge in [-0.3, -0.25) is 9.78 Å². The molecule has 3 heteroatoms. The zero-order chi connectivity index (χ0) is 14.9. The van der Waals surface area contributed by atoms with E-state index in [9.17, 15) is 4.79 Å². The van der Waals surface area contributed by atoms with Crippen molar-refractivity contribution in [2.45, 2.75) is 38.1 Å². The second-order valence-corrected chi connectivity index (χ2v) is 6.31. The fourth-order valence-electron chi connectivity index (χ4n) is 3.78. The van der Waals surface area contributed by atoms with E-state index in [1.165, 1.54) is 16.7 Å². The number of fused-ring (bicyclic) bond motifs is 2. The van der Waals surface area contributed by atoms with Crippen LogP contribution in [0.5, 0.6) is 0 Å². The van der Waals surface area contributed by atoms with Gasteiger partial charge in [0.05, 0.1) is 0 Å². The molecule has 0 saturated heterocycles. The lowest BCUT2D eigenvalue weighted by Crippen LogP contribution is -2.36. The van der Waals surface area contributed by atoms with Gasteiger partial charge in [-0.25, -0.2) is 0 Å². The maximum Gasteiger partial charge on any atom is 0.223 e. The smallest absolute Gasteiger partial charge is 0.223 e. The van der Waals surface area contributed by atoms with Gasteiger partial charge in [0.2, 0.25) is 5.91 Å². The zero-order valence-electron chi connectivity index (χ0n) is 12.7. The number of amides is 1. The Morgan fingerprint density at radius 2 is 2.00 bits per heavy atom. The lowest BCUT2D eigenvalue weighted by atomic mass is 9.96. The molecule has 1 aliphatic carbocycles. The quantitative estimate of drug-likeness (QED) is 0.852. The predicted molar refractivity (Wildman–Crippen MR) is 85.5 cm³/mol. The molecule has 4 rings (SSSR count). The molecule has 22 heavy (non-hydrogen) atoms. The van der Waals surface area contributed by atoms with Gasteiger partial charge in [-0.15, -0.1) is 0 Å². The summed E-state index contributed by atoms with van der Waals surface area (Å²) in [5.41, 5.74) is 5.16. The van der Waals surface area contributed by atoms with E-state index >= 15 is 0 Å². The summed E-state index contributed by atoms with van der Waals surface area (Å²) in [5.74, 6) is 0.690. The highest BCUT2D eigenvalue weighted by atomic mass is 16.2. The summed E-state index contributed by atoms with van der Waals surface area (Å²) in [4.78, 5) is 19.1. The van der Waals surface area contributed by atoms with Crippen molar-refractivity contribution in [3.05, 3.63) is 65.0 Å². The molecule has 1 atom stereocenters. The van der Waals surface area contributed by atoms with E-state index in [4.69, 9.17) is 0 Å². The van der Waals surface area contributed by atoms with Crippen molar-refractivity contribution < 1.29 is 4.79 Å². The minimum absolute atomic E-state index is 0.288. The Kier molecular flexibility index (Phi) is 3.41. The fraction of sp³-hybridized carbons (Fsp3) is 0.368. The van der Waals surface area contributed by atoms with Gasteiger partial charge in [0.1, 0.15) is 0 Å².